The summed E-state index contributed by atoms with van der Waals surface area (Å²) in [5.74, 6) is 7.39. The summed E-state index contributed by atoms with van der Waals surface area (Å²) in [6.45, 7) is 2.82. The van der Waals surface area contributed by atoms with Crippen LogP contribution in [0.2, 0.25) is 0 Å². The molecule has 0 unspecified atom stereocenters. The molecule has 5 heterocycles. The van der Waals surface area contributed by atoms with Gasteiger partial charge in [0.1, 0.15) is 23.7 Å². The molecule has 0 bridgehead atoms. The molecule has 0 radical (unpaired) electrons. The van der Waals surface area contributed by atoms with E-state index in [1.807, 2.05) is 65.4 Å². The summed E-state index contributed by atoms with van der Waals surface area (Å²) in [5, 5.41) is 9.03. The third-order valence-electron chi connectivity index (χ3n) is 10.8. The van der Waals surface area contributed by atoms with E-state index in [-0.39, 0.29) is 23.9 Å². The molecule has 4 N–H and O–H groups in total. The summed E-state index contributed by atoms with van der Waals surface area (Å²) < 4.78 is 14.9. The highest BCUT2D eigenvalue weighted by Crippen LogP contribution is 2.35. The standard InChI is InChI=1S/C43H46N8O7S/c1-26(56-2)36(48-42(54)57-3)40(52)50-20-5-7-34(50)38-44-23-32(46-38)29-15-11-27(12-16-29)9-10-28-13-17-30(18-14-28)33-24-45-39(47-33)35-8-6-21-51(35)41(53)37(49-43(55)58-4)31-19-22-59-25-31/h11-19,22-26,34-37H,5-8,20-21H2,1-4H3,(H,44,46)(H,45,47)(H,48,54)(H,49,55)/t26-,34+,35+,36+,37-/m1/s1. The molecule has 15 nitrogen and oxygen atoms in total. The number of alkyl carbamates (subject to hydrolysis) is 2. The van der Waals surface area contributed by atoms with Gasteiger partial charge in [-0.2, -0.15) is 11.3 Å². The maximum atomic E-state index is 13.8. The summed E-state index contributed by atoms with van der Waals surface area (Å²) in [6, 6.07) is 15.3. The topological polar surface area (TPSA) is 184 Å². The molecule has 7 rings (SSSR count). The number of thiophene rings is 1. The zero-order chi connectivity index (χ0) is 41.5. The van der Waals surface area contributed by atoms with Crippen LogP contribution in [0.5, 0.6) is 0 Å². The van der Waals surface area contributed by atoms with Gasteiger partial charge in [-0.3, -0.25) is 9.59 Å². The van der Waals surface area contributed by atoms with Crippen LogP contribution in [0, 0.1) is 11.8 Å². The van der Waals surface area contributed by atoms with E-state index >= 15 is 0 Å². The molecule has 3 aromatic heterocycles. The van der Waals surface area contributed by atoms with Gasteiger partial charge >= 0.3 is 12.2 Å². The maximum Gasteiger partial charge on any atom is 0.407 e. The van der Waals surface area contributed by atoms with E-state index in [1.54, 1.807) is 29.1 Å². The lowest BCUT2D eigenvalue weighted by molar-refractivity contribution is -0.137. The molecule has 16 heteroatoms. The largest absolute Gasteiger partial charge is 0.453 e. The first-order valence-corrected chi connectivity index (χ1v) is 20.3. The third kappa shape index (κ3) is 9.16. The molecule has 2 saturated heterocycles. The molecule has 0 saturated carbocycles. The molecule has 2 aliphatic heterocycles. The van der Waals surface area contributed by atoms with Gasteiger partial charge in [-0.25, -0.2) is 19.6 Å². The van der Waals surface area contributed by atoms with Gasteiger partial charge in [-0.1, -0.05) is 36.1 Å². The van der Waals surface area contributed by atoms with Crippen molar-refractivity contribution in [2.75, 3.05) is 34.4 Å². The van der Waals surface area contributed by atoms with Crippen LogP contribution in [0.1, 0.15) is 79.1 Å². The Hall–Kier alpha value is -6.44. The van der Waals surface area contributed by atoms with Gasteiger partial charge in [0.15, 0.2) is 0 Å². The van der Waals surface area contributed by atoms with Crippen molar-refractivity contribution in [3.05, 3.63) is 106 Å². The summed E-state index contributed by atoms with van der Waals surface area (Å²) in [6.07, 6.45) is 4.73. The highest BCUT2D eigenvalue weighted by atomic mass is 32.1. The number of aromatic nitrogens is 4. The zero-order valence-electron chi connectivity index (χ0n) is 33.2. The number of hydrogen-bond donors (Lipinski definition) is 4. The normalized spacial score (nSPS) is 17.7. The lowest BCUT2D eigenvalue weighted by Crippen LogP contribution is -2.54. The van der Waals surface area contributed by atoms with Crippen LogP contribution in [-0.2, 0) is 23.8 Å². The lowest BCUT2D eigenvalue weighted by Gasteiger charge is -2.30. The highest BCUT2D eigenvalue weighted by Gasteiger charge is 2.39. The molecule has 59 heavy (non-hydrogen) atoms. The molecule has 5 aromatic rings. The minimum absolute atomic E-state index is 0.206. The number of aromatic amines is 2. The van der Waals surface area contributed by atoms with Gasteiger partial charge < -0.3 is 44.6 Å². The first kappa shape index (κ1) is 40.7. The van der Waals surface area contributed by atoms with Crippen LogP contribution >= 0.6 is 11.3 Å². The van der Waals surface area contributed by atoms with Crippen molar-refractivity contribution in [2.24, 2.45) is 0 Å². The van der Waals surface area contributed by atoms with Crippen LogP contribution in [-0.4, -0.2) is 100 Å². The number of carbonyl (C=O) groups is 4. The van der Waals surface area contributed by atoms with Gasteiger partial charge in [-0.05, 0) is 90.4 Å². The lowest BCUT2D eigenvalue weighted by atomic mass is 10.1. The molecule has 4 amide bonds. The van der Waals surface area contributed by atoms with Crippen LogP contribution in [0.4, 0.5) is 9.59 Å². The minimum atomic E-state index is -0.900. The second-order valence-corrected chi connectivity index (χ2v) is 15.1. The fourth-order valence-electron chi connectivity index (χ4n) is 7.50. The number of nitrogens with zero attached hydrogens (tertiary/aromatic N) is 4. The fourth-order valence-corrected chi connectivity index (χ4v) is 8.18. The molecule has 2 aliphatic rings. The number of H-pyrrole nitrogens is 2. The Morgan fingerprint density at radius 1 is 0.746 bits per heavy atom. The molecule has 5 atom stereocenters. The number of likely N-dealkylation sites (tertiary alicyclic amines) is 2. The van der Waals surface area contributed by atoms with Gasteiger partial charge in [0.25, 0.3) is 5.91 Å². The number of rotatable bonds is 11. The second-order valence-electron chi connectivity index (χ2n) is 14.3. The van der Waals surface area contributed by atoms with Crippen molar-refractivity contribution in [2.45, 2.75) is 62.9 Å². The Labute approximate surface area is 345 Å². The van der Waals surface area contributed by atoms with Crippen LogP contribution in [0.25, 0.3) is 22.5 Å². The molecular weight excluding hydrogens is 773 g/mol. The van der Waals surface area contributed by atoms with Crippen LogP contribution in [0.15, 0.2) is 77.8 Å². The summed E-state index contributed by atoms with van der Waals surface area (Å²) in [4.78, 5) is 71.1. The Morgan fingerprint density at radius 3 is 1.73 bits per heavy atom. The second kappa shape index (κ2) is 18.4. The van der Waals surface area contributed by atoms with E-state index in [1.165, 1.54) is 32.7 Å². The number of hydrogen-bond acceptors (Lipinski definition) is 10. The first-order chi connectivity index (χ1) is 28.7. The van der Waals surface area contributed by atoms with Crippen molar-refractivity contribution >= 4 is 35.3 Å². The average molecular weight is 819 g/mol. The minimum Gasteiger partial charge on any atom is -0.453 e. The van der Waals surface area contributed by atoms with E-state index in [0.717, 1.165) is 59.3 Å². The molecular formula is C43H46N8O7S. The van der Waals surface area contributed by atoms with E-state index in [2.05, 4.69) is 42.4 Å². The van der Waals surface area contributed by atoms with Crippen molar-refractivity contribution < 1.29 is 33.4 Å². The highest BCUT2D eigenvalue weighted by molar-refractivity contribution is 7.08. The van der Waals surface area contributed by atoms with Gasteiger partial charge in [0, 0.05) is 31.3 Å². The molecule has 0 aliphatic carbocycles. The SMILES string of the molecule is COC(=O)N[C@H](C(=O)N1CCC[C@H]1c1ncc(-c2ccc(C#Cc3ccc(-c4cnc([C@@H]5CCCN5C(=O)[C@H](NC(=O)OC)c5ccsc5)[nH]4)cc3)cc2)[nH]1)[C@@H](C)OC. The van der Waals surface area contributed by atoms with Crippen molar-refractivity contribution in [1.82, 2.24) is 40.4 Å². The summed E-state index contributed by atoms with van der Waals surface area (Å²) in [7, 11) is 4.03. The number of benzene rings is 2. The van der Waals surface area contributed by atoms with E-state index in [4.69, 9.17) is 14.2 Å². The Kier molecular flexibility index (Phi) is 12.7. The summed E-state index contributed by atoms with van der Waals surface area (Å²) >= 11 is 1.46. The number of ether oxygens (including phenoxy) is 3. The van der Waals surface area contributed by atoms with E-state index < -0.39 is 30.4 Å². The van der Waals surface area contributed by atoms with Crippen LogP contribution < -0.4 is 10.6 Å². The number of carbonyl (C=O) groups excluding carboxylic acids is 4. The van der Waals surface area contributed by atoms with Crippen molar-refractivity contribution in [1.29, 1.82) is 0 Å². The Morgan fingerprint density at radius 2 is 1.25 bits per heavy atom. The van der Waals surface area contributed by atoms with Crippen molar-refractivity contribution in [3.8, 4) is 34.4 Å². The number of methoxy groups -OCH3 is 3. The fraction of sp³-hybridized carbons (Fsp3) is 0.349. The maximum absolute atomic E-state index is 13.8. The average Bonchev–Trinajstić information content (AvgIpc) is 4.13. The molecule has 2 aromatic carbocycles. The van der Waals surface area contributed by atoms with E-state index in [9.17, 15) is 19.2 Å². The zero-order valence-corrected chi connectivity index (χ0v) is 34.0. The molecule has 306 valence electrons. The molecule has 0 spiro atoms. The third-order valence-corrected chi connectivity index (χ3v) is 11.5. The monoisotopic (exact) mass is 818 g/mol. The first-order valence-electron chi connectivity index (χ1n) is 19.3. The van der Waals surface area contributed by atoms with Crippen LogP contribution in [0.3, 0.4) is 0 Å². The number of nitrogens with one attached hydrogen (secondary N) is 4. The number of amides is 4. The van der Waals surface area contributed by atoms with Gasteiger partial charge in [-0.15, -0.1) is 0 Å². The van der Waals surface area contributed by atoms with E-state index in [0.29, 0.717) is 30.3 Å². The van der Waals surface area contributed by atoms with Gasteiger partial charge in [0.2, 0.25) is 5.91 Å². The summed E-state index contributed by atoms with van der Waals surface area (Å²) in [5.41, 5.74) is 5.91. The predicted molar refractivity (Wildman–Crippen MR) is 220 cm³/mol. The predicted octanol–water partition coefficient (Wildman–Crippen LogP) is 6.11. The van der Waals surface area contributed by atoms with Gasteiger partial charge in [0.05, 0.1) is 56.2 Å². The Bertz CT molecular complexity index is 2310. The number of imidazole rings is 2. The smallest absolute Gasteiger partial charge is 0.407 e. The quantitative estimate of drug-likeness (QED) is 0.114. The Balaban J connectivity index is 0.977. The van der Waals surface area contributed by atoms with Crippen molar-refractivity contribution in [3.63, 3.8) is 0 Å². The molecule has 2 fully saturated rings.